The third kappa shape index (κ3) is 5.34. The molecule has 0 N–H and O–H groups in total. The van der Waals surface area contributed by atoms with Crippen LogP contribution in [0.3, 0.4) is 0 Å². The van der Waals surface area contributed by atoms with Crippen molar-refractivity contribution in [1.82, 2.24) is 0 Å². The average molecular weight is 390 g/mol. The number of benzene rings is 1. The van der Waals surface area contributed by atoms with Crippen molar-refractivity contribution in [3.63, 3.8) is 0 Å². The highest BCUT2D eigenvalue weighted by atomic mass is 17.2. The standard InChI is InChI=1S/C22H30O6/c1-16(20-14-25-22(28-27-20)11-6-5-7-12-22)18-9-8-10-19(13-18)26-21(3,4)15-24-17(2)23/h8-10,13,20H,1,5-7,11-12,14-15H2,2-4H3. The summed E-state index contributed by atoms with van der Waals surface area (Å²) in [7, 11) is 0. The summed E-state index contributed by atoms with van der Waals surface area (Å²) in [6, 6.07) is 7.60. The highest BCUT2D eigenvalue weighted by Crippen LogP contribution is 2.38. The number of hydrogen-bond donors (Lipinski definition) is 0. The smallest absolute Gasteiger partial charge is 0.302 e. The molecule has 1 unspecified atom stereocenters. The molecule has 2 aliphatic rings. The predicted molar refractivity (Wildman–Crippen MR) is 105 cm³/mol. The molecule has 6 nitrogen and oxygen atoms in total. The van der Waals surface area contributed by atoms with Crippen LogP contribution in [0, 0.1) is 0 Å². The van der Waals surface area contributed by atoms with Gasteiger partial charge in [0.25, 0.3) is 0 Å². The van der Waals surface area contributed by atoms with Crippen molar-refractivity contribution < 1.29 is 28.8 Å². The zero-order chi connectivity index (χ0) is 20.2. The molecule has 0 aromatic heterocycles. The van der Waals surface area contributed by atoms with Crippen LogP contribution in [0.2, 0.25) is 0 Å². The third-order valence-electron chi connectivity index (χ3n) is 5.04. The van der Waals surface area contributed by atoms with Crippen LogP contribution in [0.25, 0.3) is 5.57 Å². The van der Waals surface area contributed by atoms with Crippen molar-refractivity contribution in [2.75, 3.05) is 13.2 Å². The van der Waals surface area contributed by atoms with E-state index >= 15 is 0 Å². The van der Waals surface area contributed by atoms with E-state index in [1.165, 1.54) is 13.3 Å². The molecule has 6 heteroatoms. The summed E-state index contributed by atoms with van der Waals surface area (Å²) in [6.07, 6.45) is 4.77. The lowest BCUT2D eigenvalue weighted by molar-refractivity contribution is -0.483. The summed E-state index contributed by atoms with van der Waals surface area (Å²) >= 11 is 0. The van der Waals surface area contributed by atoms with Crippen LogP contribution >= 0.6 is 0 Å². The van der Waals surface area contributed by atoms with Crippen molar-refractivity contribution in [3.8, 4) is 5.75 Å². The Morgan fingerprint density at radius 3 is 2.68 bits per heavy atom. The predicted octanol–water partition coefficient (Wildman–Crippen LogP) is 4.43. The molecule has 2 fully saturated rings. The van der Waals surface area contributed by atoms with Crippen molar-refractivity contribution in [2.24, 2.45) is 0 Å². The molecule has 1 heterocycles. The van der Waals surface area contributed by atoms with Crippen LogP contribution < -0.4 is 4.74 Å². The number of rotatable bonds is 6. The van der Waals surface area contributed by atoms with Gasteiger partial charge < -0.3 is 14.2 Å². The van der Waals surface area contributed by atoms with E-state index in [4.69, 9.17) is 24.0 Å². The molecule has 1 atom stereocenters. The topological polar surface area (TPSA) is 63.2 Å². The Balaban J connectivity index is 1.60. The first-order valence-electron chi connectivity index (χ1n) is 9.89. The first-order chi connectivity index (χ1) is 13.3. The minimum atomic E-state index is -0.646. The van der Waals surface area contributed by atoms with Gasteiger partial charge in [-0.05, 0) is 50.0 Å². The molecule has 0 amide bonds. The van der Waals surface area contributed by atoms with E-state index in [9.17, 15) is 4.79 Å². The second-order valence-corrected chi connectivity index (χ2v) is 8.15. The van der Waals surface area contributed by atoms with Crippen molar-refractivity contribution >= 4 is 11.5 Å². The van der Waals surface area contributed by atoms with Gasteiger partial charge in [-0.15, -0.1) is 0 Å². The SMILES string of the molecule is C=C(c1cccc(OC(C)(C)COC(C)=O)c1)C1COC2(CCCCC2)OO1. The van der Waals surface area contributed by atoms with Gasteiger partial charge in [0.2, 0.25) is 5.79 Å². The maximum absolute atomic E-state index is 11.0. The summed E-state index contributed by atoms with van der Waals surface area (Å²) in [4.78, 5) is 22.4. The van der Waals surface area contributed by atoms with Crippen LogP contribution in [0.4, 0.5) is 0 Å². The number of carbonyl (C=O) groups is 1. The van der Waals surface area contributed by atoms with E-state index in [0.717, 1.165) is 36.8 Å². The Kier molecular flexibility index (Phi) is 6.43. The van der Waals surface area contributed by atoms with Crippen molar-refractivity contribution in [3.05, 3.63) is 36.4 Å². The van der Waals surface area contributed by atoms with Gasteiger partial charge in [0, 0.05) is 19.8 Å². The van der Waals surface area contributed by atoms with Gasteiger partial charge in [0.1, 0.15) is 24.1 Å². The molecular weight excluding hydrogens is 360 g/mol. The Morgan fingerprint density at radius 2 is 2.04 bits per heavy atom. The van der Waals surface area contributed by atoms with E-state index in [2.05, 4.69) is 6.58 Å². The van der Waals surface area contributed by atoms with Crippen LogP contribution in [0.15, 0.2) is 30.8 Å². The molecule has 1 saturated heterocycles. The second-order valence-electron chi connectivity index (χ2n) is 8.15. The number of hydrogen-bond acceptors (Lipinski definition) is 6. The number of ether oxygens (including phenoxy) is 3. The molecule has 1 aromatic carbocycles. The Labute approximate surface area is 166 Å². The zero-order valence-electron chi connectivity index (χ0n) is 17.0. The largest absolute Gasteiger partial charge is 0.484 e. The molecule has 0 radical (unpaired) electrons. The molecule has 154 valence electrons. The van der Waals surface area contributed by atoms with Gasteiger partial charge in [-0.3, -0.25) is 4.79 Å². The summed E-state index contributed by atoms with van der Waals surface area (Å²) in [6.45, 7) is 9.88. The second kappa shape index (κ2) is 8.64. The third-order valence-corrected chi connectivity index (χ3v) is 5.04. The number of esters is 1. The van der Waals surface area contributed by atoms with E-state index in [1.54, 1.807) is 0 Å². The Morgan fingerprint density at radius 1 is 1.29 bits per heavy atom. The highest BCUT2D eigenvalue weighted by molar-refractivity contribution is 5.68. The Hall–Kier alpha value is -1.89. The van der Waals surface area contributed by atoms with Crippen molar-refractivity contribution in [2.45, 2.75) is 70.4 Å². The lowest BCUT2D eigenvalue weighted by Gasteiger charge is -2.41. The van der Waals surface area contributed by atoms with Crippen LogP contribution in [0.1, 0.15) is 58.4 Å². The minimum absolute atomic E-state index is 0.170. The van der Waals surface area contributed by atoms with Gasteiger partial charge in [-0.2, -0.15) is 0 Å². The molecule has 1 spiro atoms. The molecule has 3 rings (SSSR count). The van der Waals surface area contributed by atoms with Gasteiger partial charge in [-0.25, -0.2) is 9.78 Å². The van der Waals surface area contributed by atoms with Crippen molar-refractivity contribution in [1.29, 1.82) is 0 Å². The summed E-state index contributed by atoms with van der Waals surface area (Å²) in [5.74, 6) is -0.248. The van der Waals surface area contributed by atoms with Crippen LogP contribution in [0.5, 0.6) is 5.75 Å². The summed E-state index contributed by atoms with van der Waals surface area (Å²) in [5.41, 5.74) is 1.01. The van der Waals surface area contributed by atoms with E-state index < -0.39 is 11.4 Å². The first-order valence-corrected chi connectivity index (χ1v) is 9.89. The molecule has 1 aromatic rings. The summed E-state index contributed by atoms with van der Waals surface area (Å²) < 4.78 is 17.1. The van der Waals surface area contributed by atoms with E-state index in [1.807, 2.05) is 38.1 Å². The van der Waals surface area contributed by atoms with Gasteiger partial charge in [0.15, 0.2) is 0 Å². The molecule has 1 aliphatic heterocycles. The van der Waals surface area contributed by atoms with Crippen LogP contribution in [-0.4, -0.2) is 36.7 Å². The van der Waals surface area contributed by atoms with Gasteiger partial charge >= 0.3 is 5.97 Å². The monoisotopic (exact) mass is 390 g/mol. The molecule has 1 saturated carbocycles. The molecular formula is C22H30O6. The fourth-order valence-electron chi connectivity index (χ4n) is 3.47. The van der Waals surface area contributed by atoms with Gasteiger partial charge in [-0.1, -0.05) is 25.1 Å². The van der Waals surface area contributed by atoms with E-state index in [0.29, 0.717) is 12.4 Å². The quantitative estimate of drug-likeness (QED) is 0.529. The fourth-order valence-corrected chi connectivity index (χ4v) is 3.47. The lowest BCUT2D eigenvalue weighted by atomic mass is 9.94. The minimum Gasteiger partial charge on any atom is -0.484 e. The molecule has 0 bridgehead atoms. The first kappa shape index (κ1) is 20.8. The summed E-state index contributed by atoms with van der Waals surface area (Å²) in [5, 5.41) is 0. The van der Waals surface area contributed by atoms with E-state index in [-0.39, 0.29) is 18.7 Å². The fraction of sp³-hybridized carbons (Fsp3) is 0.591. The average Bonchev–Trinajstić information content (AvgIpc) is 2.67. The maximum Gasteiger partial charge on any atom is 0.302 e. The Bertz CT molecular complexity index is 695. The van der Waals surface area contributed by atoms with Crippen LogP contribution in [-0.2, 0) is 24.0 Å². The van der Waals surface area contributed by atoms with Gasteiger partial charge in [0.05, 0.1) is 6.61 Å². The highest BCUT2D eigenvalue weighted by Gasteiger charge is 2.41. The molecule has 28 heavy (non-hydrogen) atoms. The zero-order valence-corrected chi connectivity index (χ0v) is 17.0. The number of carbonyl (C=O) groups excluding carboxylic acids is 1. The normalized spacial score (nSPS) is 21.9. The maximum atomic E-state index is 11.0. The molecule has 1 aliphatic carbocycles. The lowest BCUT2D eigenvalue weighted by Crippen LogP contribution is -2.46.